The summed E-state index contributed by atoms with van der Waals surface area (Å²) in [4.78, 5) is 12.5. The van der Waals surface area contributed by atoms with Crippen LogP contribution in [0.15, 0.2) is 60.8 Å². The van der Waals surface area contributed by atoms with E-state index in [4.69, 9.17) is 0 Å². The van der Waals surface area contributed by atoms with E-state index >= 15 is 0 Å². The summed E-state index contributed by atoms with van der Waals surface area (Å²) < 4.78 is 0. The van der Waals surface area contributed by atoms with Gasteiger partial charge in [-0.2, -0.15) is 0 Å². The Morgan fingerprint density at radius 1 is 0.394 bits per heavy atom. The average molecular weight is 925 g/mol. The smallest absolute Gasteiger partial charge is 0.222 e. The van der Waals surface area contributed by atoms with Crippen LogP contribution in [0, 0.1) is 0 Å². The van der Waals surface area contributed by atoms with Crippen molar-refractivity contribution in [1.82, 2.24) is 5.32 Å². The second-order valence-electron chi connectivity index (χ2n) is 19.9. The third-order valence-corrected chi connectivity index (χ3v) is 13.3. The Kier molecular flexibility index (Phi) is 54.0. The summed E-state index contributed by atoms with van der Waals surface area (Å²) in [5.74, 6) is -0.329. The highest BCUT2D eigenvalue weighted by Crippen LogP contribution is 2.16. The number of rotatable bonds is 53. The molecular weight excluding hydrogens is 811 g/mol. The van der Waals surface area contributed by atoms with Crippen LogP contribution in [0.5, 0.6) is 0 Å². The fraction of sp³-hybridized carbons (Fsp3) is 0.820. The summed E-state index contributed by atoms with van der Waals surface area (Å²) in [5.41, 5.74) is 0. The second kappa shape index (κ2) is 55.6. The van der Waals surface area contributed by atoms with Crippen molar-refractivity contribution in [2.45, 2.75) is 315 Å². The lowest BCUT2D eigenvalue weighted by Gasteiger charge is -2.21. The van der Waals surface area contributed by atoms with E-state index in [-0.39, 0.29) is 18.9 Å². The van der Waals surface area contributed by atoms with E-state index in [1.807, 2.05) is 6.08 Å². The number of hydrogen-bond acceptors (Lipinski definition) is 4. The van der Waals surface area contributed by atoms with Crippen molar-refractivity contribution in [3.63, 3.8) is 0 Å². The fourth-order valence-corrected chi connectivity index (χ4v) is 8.82. The Labute approximate surface area is 411 Å². The van der Waals surface area contributed by atoms with Gasteiger partial charge in [-0.05, 0) is 77.0 Å². The number of carbonyl (C=O) groups excluding carboxylic acids is 1. The molecule has 3 unspecified atom stereocenters. The SMILES string of the molecule is CCCCCCCCCCC/C=C\C/C=C\CCCCCCCCCCCCCC(O)CC(=O)NC(CO)C(O)/C=C/CC/C=C/CC/C=C/CCCCCCCCCCCCCCCC. The molecule has 0 saturated heterocycles. The molecule has 5 heteroatoms. The molecule has 0 radical (unpaired) electrons. The molecule has 5 nitrogen and oxygen atoms in total. The van der Waals surface area contributed by atoms with Gasteiger partial charge < -0.3 is 20.6 Å². The van der Waals surface area contributed by atoms with E-state index < -0.39 is 18.2 Å². The zero-order valence-electron chi connectivity index (χ0n) is 44.1. The van der Waals surface area contributed by atoms with Crippen LogP contribution in [-0.2, 0) is 4.79 Å². The van der Waals surface area contributed by atoms with Gasteiger partial charge >= 0.3 is 0 Å². The van der Waals surface area contributed by atoms with Crippen LogP contribution >= 0.6 is 0 Å². The Bertz CT molecular complexity index is 1110. The molecule has 0 aromatic heterocycles. The summed E-state index contributed by atoms with van der Waals surface area (Å²) in [5, 5.41) is 33.5. The number of unbranched alkanes of at least 4 members (excludes halogenated alkanes) is 36. The minimum absolute atomic E-state index is 0.000496. The van der Waals surface area contributed by atoms with Crippen molar-refractivity contribution >= 4 is 5.91 Å². The monoisotopic (exact) mass is 924 g/mol. The van der Waals surface area contributed by atoms with Crippen LogP contribution < -0.4 is 5.32 Å². The molecule has 0 saturated carbocycles. The van der Waals surface area contributed by atoms with E-state index in [0.29, 0.717) is 6.42 Å². The maximum absolute atomic E-state index is 12.5. The van der Waals surface area contributed by atoms with E-state index in [9.17, 15) is 20.1 Å². The average Bonchev–Trinajstić information content (AvgIpc) is 3.31. The second-order valence-corrected chi connectivity index (χ2v) is 19.9. The molecule has 386 valence electrons. The van der Waals surface area contributed by atoms with Gasteiger partial charge in [0.1, 0.15) is 0 Å². The minimum atomic E-state index is -0.964. The summed E-state index contributed by atoms with van der Waals surface area (Å²) in [6.07, 6.45) is 75.6. The number of carbonyl (C=O) groups is 1. The quantitative estimate of drug-likeness (QED) is 0.0361. The van der Waals surface area contributed by atoms with E-state index in [2.05, 4.69) is 67.8 Å². The molecule has 0 aliphatic rings. The molecule has 3 atom stereocenters. The van der Waals surface area contributed by atoms with Gasteiger partial charge in [0.25, 0.3) is 0 Å². The molecule has 0 aromatic rings. The number of aliphatic hydroxyl groups excluding tert-OH is 3. The van der Waals surface area contributed by atoms with Crippen LogP contribution in [0.1, 0.15) is 296 Å². The Morgan fingerprint density at radius 2 is 0.697 bits per heavy atom. The lowest BCUT2D eigenvalue weighted by molar-refractivity contribution is -0.124. The van der Waals surface area contributed by atoms with Gasteiger partial charge in [0.2, 0.25) is 5.91 Å². The molecular formula is C61H113NO4. The van der Waals surface area contributed by atoms with Crippen molar-refractivity contribution in [2.75, 3.05) is 6.61 Å². The molecule has 0 aliphatic carbocycles. The molecule has 0 fully saturated rings. The summed E-state index contributed by atoms with van der Waals surface area (Å²) in [6, 6.07) is -0.772. The van der Waals surface area contributed by atoms with Gasteiger partial charge in [0.15, 0.2) is 0 Å². The largest absolute Gasteiger partial charge is 0.394 e. The standard InChI is InChI=1S/C61H113NO4/c1-3-5-7-9-11-13-15-17-19-21-23-25-27-29-30-31-32-34-36-38-40-42-44-46-48-50-52-54-58(64)56-61(66)62-59(57-63)60(65)55-53-51-49-47-45-43-41-39-37-35-33-28-26-24-22-20-18-16-14-12-10-8-6-4-2/h23,25,29-30,37,39,45,47,53,55,58-60,63-65H,3-22,24,26-28,31-36,38,40-44,46,48-52,54,56-57H2,1-2H3,(H,62,66)/b25-23-,30-29-,39-37+,47-45+,55-53+. The van der Waals surface area contributed by atoms with Crippen LogP contribution in [0.4, 0.5) is 0 Å². The summed E-state index contributed by atoms with van der Waals surface area (Å²) in [6.45, 7) is 4.22. The van der Waals surface area contributed by atoms with E-state index in [1.165, 1.54) is 225 Å². The Balaban J connectivity index is 3.64. The Morgan fingerprint density at radius 3 is 1.06 bits per heavy atom. The number of hydrogen-bond donors (Lipinski definition) is 4. The predicted octanol–water partition coefficient (Wildman–Crippen LogP) is 18.2. The highest BCUT2D eigenvalue weighted by molar-refractivity contribution is 5.76. The third-order valence-electron chi connectivity index (χ3n) is 13.3. The van der Waals surface area contributed by atoms with Crippen molar-refractivity contribution in [3.8, 4) is 0 Å². The molecule has 0 heterocycles. The normalized spacial score (nSPS) is 13.7. The van der Waals surface area contributed by atoms with Gasteiger partial charge in [0.05, 0.1) is 31.3 Å². The number of aliphatic hydroxyl groups is 3. The molecule has 0 aromatic carbocycles. The maximum Gasteiger partial charge on any atom is 0.222 e. The maximum atomic E-state index is 12.5. The van der Waals surface area contributed by atoms with Crippen molar-refractivity contribution < 1.29 is 20.1 Å². The molecule has 0 rings (SSSR count). The van der Waals surface area contributed by atoms with Crippen LogP contribution in [-0.4, -0.2) is 46.1 Å². The first-order valence-electron chi connectivity index (χ1n) is 29.1. The molecule has 1 amide bonds. The van der Waals surface area contributed by atoms with Gasteiger partial charge in [0, 0.05) is 0 Å². The first-order chi connectivity index (χ1) is 32.5. The molecule has 0 aliphatic heterocycles. The highest BCUT2D eigenvalue weighted by atomic mass is 16.3. The highest BCUT2D eigenvalue weighted by Gasteiger charge is 2.20. The lowest BCUT2D eigenvalue weighted by Crippen LogP contribution is -2.45. The van der Waals surface area contributed by atoms with Gasteiger partial charge in [-0.3, -0.25) is 4.79 Å². The fourth-order valence-electron chi connectivity index (χ4n) is 8.82. The van der Waals surface area contributed by atoms with Gasteiger partial charge in [-0.25, -0.2) is 0 Å². The third kappa shape index (κ3) is 51.4. The number of amides is 1. The first kappa shape index (κ1) is 64.0. The topological polar surface area (TPSA) is 89.8 Å². The summed E-state index contributed by atoms with van der Waals surface area (Å²) in [7, 11) is 0. The Hall–Kier alpha value is -1.95. The van der Waals surface area contributed by atoms with Crippen LogP contribution in [0.25, 0.3) is 0 Å². The van der Waals surface area contributed by atoms with Crippen molar-refractivity contribution in [2.24, 2.45) is 0 Å². The first-order valence-corrected chi connectivity index (χ1v) is 29.1. The molecule has 4 N–H and O–H groups in total. The predicted molar refractivity (Wildman–Crippen MR) is 291 cm³/mol. The zero-order chi connectivity index (χ0) is 47.9. The molecule has 66 heavy (non-hydrogen) atoms. The van der Waals surface area contributed by atoms with Crippen molar-refractivity contribution in [3.05, 3.63) is 60.8 Å². The van der Waals surface area contributed by atoms with Gasteiger partial charge in [-0.1, -0.05) is 274 Å². The number of nitrogens with one attached hydrogen (secondary N) is 1. The van der Waals surface area contributed by atoms with Crippen LogP contribution in [0.2, 0.25) is 0 Å². The molecule has 0 spiro atoms. The summed E-state index contributed by atoms with van der Waals surface area (Å²) >= 11 is 0. The van der Waals surface area contributed by atoms with E-state index in [0.717, 1.165) is 44.9 Å². The minimum Gasteiger partial charge on any atom is -0.394 e. The zero-order valence-corrected chi connectivity index (χ0v) is 44.1. The van der Waals surface area contributed by atoms with E-state index in [1.54, 1.807) is 6.08 Å². The lowest BCUT2D eigenvalue weighted by atomic mass is 10.0. The van der Waals surface area contributed by atoms with Crippen molar-refractivity contribution in [1.29, 1.82) is 0 Å². The molecule has 0 bridgehead atoms. The van der Waals surface area contributed by atoms with Crippen LogP contribution in [0.3, 0.4) is 0 Å². The van der Waals surface area contributed by atoms with Gasteiger partial charge in [-0.15, -0.1) is 0 Å². The number of allylic oxidation sites excluding steroid dienone is 9.